The van der Waals surface area contributed by atoms with E-state index in [1.807, 2.05) is 0 Å². The Kier molecular flexibility index (Phi) is 4.59. The number of carbonyl (C=O) groups excluding carboxylic acids is 1. The van der Waals surface area contributed by atoms with E-state index in [1.54, 1.807) is 6.07 Å². The van der Waals surface area contributed by atoms with E-state index in [2.05, 4.69) is 10.6 Å². The van der Waals surface area contributed by atoms with Gasteiger partial charge in [-0.05, 0) is 24.3 Å². The van der Waals surface area contributed by atoms with Gasteiger partial charge in [-0.3, -0.25) is 0 Å². The summed E-state index contributed by atoms with van der Waals surface area (Å²) in [5, 5.41) is 4.61. The summed E-state index contributed by atoms with van der Waals surface area (Å²) in [7, 11) is 1.26. The predicted octanol–water partition coefficient (Wildman–Crippen LogP) is 3.63. The van der Waals surface area contributed by atoms with Crippen molar-refractivity contribution in [1.29, 1.82) is 0 Å². The molecule has 0 saturated carbocycles. The molecule has 22 heavy (non-hydrogen) atoms. The molecule has 0 bridgehead atoms. The van der Waals surface area contributed by atoms with Crippen molar-refractivity contribution in [3.63, 3.8) is 0 Å². The second-order valence-electron chi connectivity index (χ2n) is 4.35. The van der Waals surface area contributed by atoms with Gasteiger partial charge in [-0.15, -0.1) is 0 Å². The van der Waals surface area contributed by atoms with E-state index in [9.17, 15) is 18.0 Å². The lowest BCUT2D eigenvalue weighted by molar-refractivity contribution is -0.137. The minimum atomic E-state index is -4.61. The van der Waals surface area contributed by atoms with Crippen LogP contribution in [0.25, 0.3) is 0 Å². The molecule has 0 aliphatic carbocycles. The molecule has 0 aliphatic rings. The average Bonchev–Trinajstić information content (AvgIpc) is 2.97. The zero-order chi connectivity index (χ0) is 16.2. The van der Waals surface area contributed by atoms with Gasteiger partial charge in [-0.2, -0.15) is 13.2 Å². The number of nitrogens with one attached hydrogen (secondary N) is 2. The number of ether oxygens (including phenoxy) is 1. The number of carbonyl (C=O) groups is 1. The van der Waals surface area contributed by atoms with E-state index < -0.39 is 17.8 Å². The zero-order valence-electron chi connectivity index (χ0n) is 11.5. The van der Waals surface area contributed by atoms with Crippen molar-refractivity contribution in [1.82, 2.24) is 5.32 Å². The number of benzene rings is 1. The second-order valence-corrected chi connectivity index (χ2v) is 4.35. The van der Waals surface area contributed by atoms with Crippen molar-refractivity contribution >= 4 is 11.7 Å². The number of hydrogen-bond donors (Lipinski definition) is 2. The highest BCUT2D eigenvalue weighted by Crippen LogP contribution is 2.37. The molecule has 0 saturated heterocycles. The lowest BCUT2D eigenvalue weighted by atomic mass is 10.1. The Morgan fingerprint density at radius 3 is 2.68 bits per heavy atom. The smallest absolute Gasteiger partial charge is 0.418 e. The molecule has 2 aromatic rings. The molecule has 0 unspecified atom stereocenters. The third-order valence-corrected chi connectivity index (χ3v) is 2.81. The van der Waals surface area contributed by atoms with Gasteiger partial charge in [0.1, 0.15) is 5.75 Å². The van der Waals surface area contributed by atoms with E-state index in [0.717, 1.165) is 12.1 Å². The van der Waals surface area contributed by atoms with Gasteiger partial charge >= 0.3 is 12.2 Å². The van der Waals surface area contributed by atoms with E-state index >= 15 is 0 Å². The number of urea groups is 1. The van der Waals surface area contributed by atoms with E-state index in [-0.39, 0.29) is 18.0 Å². The lowest BCUT2D eigenvalue weighted by Crippen LogP contribution is -2.29. The third kappa shape index (κ3) is 3.94. The van der Waals surface area contributed by atoms with Crippen LogP contribution in [0.15, 0.2) is 41.2 Å². The highest BCUT2D eigenvalue weighted by molar-refractivity contribution is 5.90. The number of anilines is 1. The largest absolute Gasteiger partial charge is 0.497 e. The minimum Gasteiger partial charge on any atom is -0.497 e. The maximum atomic E-state index is 13.0. The van der Waals surface area contributed by atoms with Crippen molar-refractivity contribution < 1.29 is 27.1 Å². The molecule has 2 N–H and O–H groups in total. The highest BCUT2D eigenvalue weighted by atomic mass is 19.4. The van der Waals surface area contributed by atoms with Crippen LogP contribution in [0.4, 0.5) is 23.7 Å². The molecule has 0 atom stereocenters. The van der Waals surface area contributed by atoms with Crippen LogP contribution in [0.5, 0.6) is 5.75 Å². The number of furan rings is 1. The maximum absolute atomic E-state index is 13.0. The quantitative estimate of drug-likeness (QED) is 0.906. The second kappa shape index (κ2) is 6.42. The van der Waals surface area contributed by atoms with Gasteiger partial charge in [0.15, 0.2) is 0 Å². The number of alkyl halides is 3. The summed E-state index contributed by atoms with van der Waals surface area (Å²) >= 11 is 0. The van der Waals surface area contributed by atoms with E-state index in [1.165, 1.54) is 25.7 Å². The van der Waals surface area contributed by atoms with Gasteiger partial charge in [0, 0.05) is 12.1 Å². The fourth-order valence-corrected chi connectivity index (χ4v) is 1.74. The van der Waals surface area contributed by atoms with E-state index in [0.29, 0.717) is 5.56 Å². The molecule has 1 aromatic carbocycles. The standard InChI is InChI=1S/C14H13F3N2O3/c1-21-10-2-3-12(11(6-10)14(15,16)17)19-13(20)18-7-9-4-5-22-8-9/h2-6,8H,7H2,1H3,(H2,18,19,20). The van der Waals surface area contributed by atoms with Crippen LogP contribution in [0, 0.1) is 0 Å². The summed E-state index contributed by atoms with van der Waals surface area (Å²) in [6.45, 7) is 0.139. The normalized spacial score (nSPS) is 11.1. The fourth-order valence-electron chi connectivity index (χ4n) is 1.74. The molecule has 1 heterocycles. The molecule has 0 fully saturated rings. The van der Waals surface area contributed by atoms with E-state index in [4.69, 9.17) is 9.15 Å². The molecule has 2 rings (SSSR count). The zero-order valence-corrected chi connectivity index (χ0v) is 11.5. The maximum Gasteiger partial charge on any atom is 0.418 e. The van der Waals surface area contributed by atoms with Crippen LogP contribution in [0.3, 0.4) is 0 Å². The summed E-state index contributed by atoms with van der Waals surface area (Å²) in [5.41, 5.74) is -0.635. The first-order valence-electron chi connectivity index (χ1n) is 6.21. The first kappa shape index (κ1) is 15.7. The number of methoxy groups -OCH3 is 1. The van der Waals surface area contributed by atoms with Crippen LogP contribution >= 0.6 is 0 Å². The molecular formula is C14H13F3N2O3. The van der Waals surface area contributed by atoms with Crippen LogP contribution in [-0.4, -0.2) is 13.1 Å². The number of halogens is 3. The molecule has 0 radical (unpaired) electrons. The summed E-state index contributed by atoms with van der Waals surface area (Å²) in [4.78, 5) is 11.7. The van der Waals surface area contributed by atoms with Crippen molar-refractivity contribution in [2.75, 3.05) is 12.4 Å². The topological polar surface area (TPSA) is 63.5 Å². The van der Waals surface area contributed by atoms with Gasteiger partial charge in [0.2, 0.25) is 0 Å². The third-order valence-electron chi connectivity index (χ3n) is 2.81. The molecule has 2 amide bonds. The molecule has 0 aliphatic heterocycles. The average molecular weight is 314 g/mol. The summed E-state index contributed by atoms with van der Waals surface area (Å²) < 4.78 is 48.5. The van der Waals surface area contributed by atoms with Crippen LogP contribution in [0.1, 0.15) is 11.1 Å². The Bertz CT molecular complexity index is 639. The van der Waals surface area contributed by atoms with Gasteiger partial charge in [0.05, 0.1) is 30.9 Å². The van der Waals surface area contributed by atoms with Gasteiger partial charge in [0.25, 0.3) is 0 Å². The van der Waals surface area contributed by atoms with Crippen molar-refractivity contribution in [2.24, 2.45) is 0 Å². The molecular weight excluding hydrogens is 301 g/mol. The van der Waals surface area contributed by atoms with Gasteiger partial charge < -0.3 is 19.8 Å². The number of hydrogen-bond acceptors (Lipinski definition) is 3. The summed E-state index contributed by atoms with van der Waals surface area (Å²) in [6.07, 6.45) is -1.75. The van der Waals surface area contributed by atoms with Crippen LogP contribution in [-0.2, 0) is 12.7 Å². The molecule has 1 aromatic heterocycles. The van der Waals surface area contributed by atoms with Crippen molar-refractivity contribution in [3.05, 3.63) is 47.9 Å². The SMILES string of the molecule is COc1ccc(NC(=O)NCc2ccoc2)c(C(F)(F)F)c1. The highest BCUT2D eigenvalue weighted by Gasteiger charge is 2.34. The fraction of sp³-hybridized carbons (Fsp3) is 0.214. The van der Waals surface area contributed by atoms with Crippen molar-refractivity contribution in [2.45, 2.75) is 12.7 Å². The van der Waals surface area contributed by atoms with Gasteiger partial charge in [-0.25, -0.2) is 4.79 Å². The Morgan fingerprint density at radius 2 is 2.09 bits per heavy atom. The molecule has 5 nitrogen and oxygen atoms in total. The molecule has 118 valence electrons. The van der Waals surface area contributed by atoms with Crippen LogP contribution < -0.4 is 15.4 Å². The van der Waals surface area contributed by atoms with Crippen LogP contribution in [0.2, 0.25) is 0 Å². The van der Waals surface area contributed by atoms with Gasteiger partial charge in [-0.1, -0.05) is 0 Å². The molecule has 8 heteroatoms. The number of rotatable bonds is 4. The Balaban J connectivity index is 2.09. The molecule has 0 spiro atoms. The summed E-state index contributed by atoms with van der Waals surface area (Å²) in [5.74, 6) is 0.0525. The monoisotopic (exact) mass is 314 g/mol. The predicted molar refractivity (Wildman–Crippen MR) is 72.6 cm³/mol. The first-order valence-corrected chi connectivity index (χ1v) is 6.21. The Hall–Kier alpha value is -2.64. The minimum absolute atomic E-state index is 0.0525. The first-order chi connectivity index (χ1) is 10.4. The Morgan fingerprint density at radius 1 is 1.32 bits per heavy atom. The Labute approximate surface area is 124 Å². The number of amides is 2. The van der Waals surface area contributed by atoms with Crippen molar-refractivity contribution in [3.8, 4) is 5.75 Å². The summed E-state index contributed by atoms with van der Waals surface area (Å²) in [6, 6.07) is 4.18. The lowest BCUT2D eigenvalue weighted by Gasteiger charge is -2.15.